The smallest absolute Gasteiger partial charge is 0.161 e. The Labute approximate surface area is 217 Å². The number of aliphatic hydroxyl groups excluding tert-OH is 1. The monoisotopic (exact) mass is 514 g/mol. The van der Waals surface area contributed by atoms with Crippen LogP contribution in [0.3, 0.4) is 0 Å². The van der Waals surface area contributed by atoms with Crippen molar-refractivity contribution in [1.29, 1.82) is 0 Å². The molecule has 0 aromatic heterocycles. The van der Waals surface area contributed by atoms with Crippen LogP contribution in [0.1, 0.15) is 30.6 Å². The van der Waals surface area contributed by atoms with Gasteiger partial charge in [0.1, 0.15) is 6.61 Å². The molecule has 5 nitrogen and oxygen atoms in total. The van der Waals surface area contributed by atoms with E-state index in [-0.39, 0.29) is 6.04 Å². The summed E-state index contributed by atoms with van der Waals surface area (Å²) in [6.45, 7) is 6.14. The lowest BCUT2D eigenvalue weighted by Crippen LogP contribution is -2.50. The number of aliphatic hydroxyl groups is 1. The molecular weight excluding hydrogens is 483 g/mol. The summed E-state index contributed by atoms with van der Waals surface area (Å²) >= 11 is 12.6. The maximum Gasteiger partial charge on any atom is 0.161 e. The minimum absolute atomic E-state index is 0.224. The van der Waals surface area contributed by atoms with Gasteiger partial charge in [-0.05, 0) is 48.7 Å². The SMILES string of the molecule is COc1cc(C(O)CC(C)N2CCN(c3cccc(Cl)c3Cl)CC2)ccc1OCc1ccccc1. The van der Waals surface area contributed by atoms with Crippen molar-refractivity contribution in [2.75, 3.05) is 38.2 Å². The van der Waals surface area contributed by atoms with Crippen LogP contribution >= 0.6 is 23.2 Å². The second kappa shape index (κ2) is 12.0. The number of halogens is 2. The fraction of sp³-hybridized carbons (Fsp3) is 0.357. The molecule has 186 valence electrons. The highest BCUT2D eigenvalue weighted by molar-refractivity contribution is 6.43. The third-order valence-corrected chi connectivity index (χ3v) is 7.39. The van der Waals surface area contributed by atoms with Crippen LogP contribution in [-0.2, 0) is 6.61 Å². The van der Waals surface area contributed by atoms with Crippen molar-refractivity contribution < 1.29 is 14.6 Å². The third-order valence-electron chi connectivity index (χ3n) is 6.58. The summed E-state index contributed by atoms with van der Waals surface area (Å²) in [6.07, 6.45) is 0.0353. The van der Waals surface area contributed by atoms with E-state index in [2.05, 4.69) is 16.7 Å². The average Bonchev–Trinajstić information content (AvgIpc) is 2.89. The Morgan fingerprint density at radius 2 is 1.66 bits per heavy atom. The first-order chi connectivity index (χ1) is 17.0. The fourth-order valence-electron chi connectivity index (χ4n) is 4.49. The molecule has 4 rings (SSSR count). The number of piperazine rings is 1. The highest BCUT2D eigenvalue weighted by Crippen LogP contribution is 2.34. The van der Waals surface area contributed by atoms with Gasteiger partial charge in [-0.25, -0.2) is 0 Å². The molecule has 0 saturated carbocycles. The molecular formula is C28H32Cl2N2O3. The van der Waals surface area contributed by atoms with Gasteiger partial charge >= 0.3 is 0 Å². The zero-order chi connectivity index (χ0) is 24.8. The van der Waals surface area contributed by atoms with Crippen molar-refractivity contribution in [3.8, 4) is 11.5 Å². The van der Waals surface area contributed by atoms with Gasteiger partial charge in [-0.2, -0.15) is 0 Å². The van der Waals surface area contributed by atoms with Crippen molar-refractivity contribution in [3.63, 3.8) is 0 Å². The van der Waals surface area contributed by atoms with Crippen molar-refractivity contribution >= 4 is 28.9 Å². The fourth-order valence-corrected chi connectivity index (χ4v) is 4.91. The molecule has 1 N–H and O–H groups in total. The number of rotatable bonds is 9. The largest absolute Gasteiger partial charge is 0.493 e. The quantitative estimate of drug-likeness (QED) is 0.367. The van der Waals surface area contributed by atoms with Gasteiger partial charge in [0.2, 0.25) is 0 Å². The summed E-state index contributed by atoms with van der Waals surface area (Å²) in [6, 6.07) is 21.6. The number of ether oxygens (including phenoxy) is 2. The minimum Gasteiger partial charge on any atom is -0.493 e. The number of hydrogen-bond donors (Lipinski definition) is 1. The molecule has 1 aliphatic rings. The predicted octanol–water partition coefficient (Wildman–Crippen LogP) is 6.22. The van der Waals surface area contributed by atoms with E-state index in [9.17, 15) is 5.11 Å². The lowest BCUT2D eigenvalue weighted by Gasteiger charge is -2.40. The average molecular weight is 515 g/mol. The van der Waals surface area contributed by atoms with Crippen molar-refractivity contribution in [2.45, 2.75) is 32.1 Å². The molecule has 0 aliphatic carbocycles. The van der Waals surface area contributed by atoms with Gasteiger partial charge in [0.15, 0.2) is 11.5 Å². The summed E-state index contributed by atoms with van der Waals surface area (Å²) in [5.74, 6) is 1.29. The molecule has 0 bridgehead atoms. The topological polar surface area (TPSA) is 45.2 Å². The Bertz CT molecular complexity index is 1100. The summed E-state index contributed by atoms with van der Waals surface area (Å²) in [7, 11) is 1.62. The van der Waals surface area contributed by atoms with E-state index in [4.69, 9.17) is 32.7 Å². The van der Waals surface area contributed by atoms with Gasteiger partial charge in [0.25, 0.3) is 0 Å². The normalized spacial score (nSPS) is 16.1. The standard InChI is InChI=1S/C28H32Cl2N2O3/c1-20(31-13-15-32(16-14-31)24-10-6-9-23(29)28(24)30)17-25(33)22-11-12-26(27(18-22)34-2)35-19-21-7-4-3-5-8-21/h3-12,18,20,25,33H,13-17,19H2,1-2H3. The summed E-state index contributed by atoms with van der Waals surface area (Å²) in [5.41, 5.74) is 2.89. The molecule has 1 aliphatic heterocycles. The Hall–Kier alpha value is -2.44. The molecule has 3 aromatic rings. The number of nitrogens with zero attached hydrogens (tertiary/aromatic N) is 2. The van der Waals surface area contributed by atoms with Crippen molar-refractivity contribution in [2.24, 2.45) is 0 Å². The van der Waals surface area contributed by atoms with E-state index in [1.165, 1.54) is 0 Å². The van der Waals surface area contributed by atoms with Crippen LogP contribution in [0.15, 0.2) is 66.7 Å². The van der Waals surface area contributed by atoms with Gasteiger partial charge < -0.3 is 19.5 Å². The van der Waals surface area contributed by atoms with Crippen LogP contribution < -0.4 is 14.4 Å². The van der Waals surface area contributed by atoms with Crippen LogP contribution in [0.5, 0.6) is 11.5 Å². The summed E-state index contributed by atoms with van der Waals surface area (Å²) < 4.78 is 11.5. The van der Waals surface area contributed by atoms with E-state index in [1.54, 1.807) is 7.11 Å². The molecule has 2 unspecified atom stereocenters. The number of methoxy groups -OCH3 is 1. The molecule has 0 amide bonds. The molecule has 35 heavy (non-hydrogen) atoms. The van der Waals surface area contributed by atoms with Gasteiger partial charge in [-0.15, -0.1) is 0 Å². The number of benzene rings is 3. The first kappa shape index (κ1) is 25.6. The summed E-state index contributed by atoms with van der Waals surface area (Å²) in [5, 5.41) is 12.2. The van der Waals surface area contributed by atoms with Gasteiger partial charge in [-0.1, -0.05) is 65.7 Å². The van der Waals surface area contributed by atoms with E-state index < -0.39 is 6.10 Å². The first-order valence-corrected chi connectivity index (χ1v) is 12.7. The second-order valence-corrected chi connectivity index (χ2v) is 9.67. The lowest BCUT2D eigenvalue weighted by molar-refractivity contribution is 0.105. The number of anilines is 1. The molecule has 3 aromatic carbocycles. The molecule has 1 heterocycles. The Kier molecular flexibility index (Phi) is 8.79. The van der Waals surface area contributed by atoms with Crippen molar-refractivity contribution in [1.82, 2.24) is 4.90 Å². The van der Waals surface area contributed by atoms with Crippen molar-refractivity contribution in [3.05, 3.63) is 87.9 Å². The molecule has 0 spiro atoms. The maximum absolute atomic E-state index is 11.0. The van der Waals surface area contributed by atoms with Gasteiger partial charge in [-0.3, -0.25) is 4.90 Å². The highest BCUT2D eigenvalue weighted by Gasteiger charge is 2.25. The third kappa shape index (κ3) is 6.42. The van der Waals surface area contributed by atoms with Crippen LogP contribution in [0.4, 0.5) is 5.69 Å². The van der Waals surface area contributed by atoms with Crippen LogP contribution in [-0.4, -0.2) is 49.3 Å². The van der Waals surface area contributed by atoms with Gasteiger partial charge in [0, 0.05) is 32.2 Å². The van der Waals surface area contributed by atoms with Gasteiger partial charge in [0.05, 0.1) is 28.9 Å². The molecule has 0 radical (unpaired) electrons. The van der Waals surface area contributed by atoms with E-state index in [0.717, 1.165) is 43.0 Å². The zero-order valence-electron chi connectivity index (χ0n) is 20.2. The van der Waals surface area contributed by atoms with E-state index >= 15 is 0 Å². The minimum atomic E-state index is -0.595. The Morgan fingerprint density at radius 1 is 0.914 bits per heavy atom. The van der Waals surface area contributed by atoms with Crippen LogP contribution in [0.25, 0.3) is 0 Å². The molecule has 2 atom stereocenters. The predicted molar refractivity (Wildman–Crippen MR) is 143 cm³/mol. The molecule has 7 heteroatoms. The van der Waals surface area contributed by atoms with Crippen LogP contribution in [0, 0.1) is 0 Å². The van der Waals surface area contributed by atoms with E-state index in [0.29, 0.717) is 34.6 Å². The zero-order valence-corrected chi connectivity index (χ0v) is 21.7. The van der Waals surface area contributed by atoms with E-state index in [1.807, 2.05) is 66.7 Å². The summed E-state index contributed by atoms with van der Waals surface area (Å²) in [4.78, 5) is 4.68. The van der Waals surface area contributed by atoms with Crippen LogP contribution in [0.2, 0.25) is 10.0 Å². The maximum atomic E-state index is 11.0. The Balaban J connectivity index is 1.32. The first-order valence-electron chi connectivity index (χ1n) is 11.9. The molecule has 1 fully saturated rings. The second-order valence-electron chi connectivity index (χ2n) is 8.88. The lowest BCUT2D eigenvalue weighted by atomic mass is 10.0. The highest BCUT2D eigenvalue weighted by atomic mass is 35.5. The Morgan fingerprint density at radius 3 is 2.37 bits per heavy atom. The molecule has 1 saturated heterocycles. The number of hydrogen-bond acceptors (Lipinski definition) is 5.